The van der Waals surface area contributed by atoms with Gasteiger partial charge >= 0.3 is 0 Å². The first-order chi connectivity index (χ1) is 12.6. The molecular weight excluding hydrogens is 352 g/mol. The third-order valence-corrected chi connectivity index (χ3v) is 4.46. The zero-order chi connectivity index (χ0) is 18.3. The Morgan fingerprint density at radius 1 is 1.12 bits per heavy atom. The predicted molar refractivity (Wildman–Crippen MR) is 103 cm³/mol. The van der Waals surface area contributed by atoms with Crippen LogP contribution in [0.15, 0.2) is 75.2 Å². The Bertz CT molecular complexity index is 1290. The van der Waals surface area contributed by atoms with Crippen molar-refractivity contribution in [2.45, 2.75) is 6.54 Å². The lowest BCUT2D eigenvalue weighted by atomic mass is 10.1. The van der Waals surface area contributed by atoms with Gasteiger partial charge in [-0.2, -0.15) is 4.98 Å². The number of nitrogens with zero attached hydrogens (tertiary/aromatic N) is 2. The molecule has 0 aliphatic heterocycles. The highest BCUT2D eigenvalue weighted by molar-refractivity contribution is 6.33. The number of allylic oxidation sites excluding steroid dienone is 1. The topological polar surface area (TPSA) is 65.1 Å². The molecule has 4 aromatic rings. The standard InChI is InChI=1S/C20H13ClN2O3/c1-2-11-23-18(12-7-3-5-9-14(12)21)22-19-16(20(23)25)17(24)13-8-4-6-10-15(13)26-19/h2-10H,1,11H2. The van der Waals surface area contributed by atoms with E-state index in [1.807, 2.05) is 0 Å². The molecule has 0 fully saturated rings. The van der Waals surface area contributed by atoms with Gasteiger partial charge in [0.15, 0.2) is 5.39 Å². The fraction of sp³-hybridized carbons (Fsp3) is 0.0500. The molecule has 0 saturated heterocycles. The minimum atomic E-state index is -0.482. The van der Waals surface area contributed by atoms with E-state index in [0.29, 0.717) is 27.4 Å². The molecule has 0 aliphatic carbocycles. The summed E-state index contributed by atoms with van der Waals surface area (Å²) in [5.41, 5.74) is 0.0652. The van der Waals surface area contributed by atoms with Crippen molar-refractivity contribution in [2.75, 3.05) is 0 Å². The number of rotatable bonds is 3. The molecule has 0 bridgehead atoms. The number of hydrogen-bond donors (Lipinski definition) is 0. The molecule has 0 radical (unpaired) electrons. The molecule has 0 aliphatic rings. The van der Waals surface area contributed by atoms with E-state index in [1.165, 1.54) is 4.57 Å². The van der Waals surface area contributed by atoms with E-state index < -0.39 is 11.0 Å². The van der Waals surface area contributed by atoms with E-state index in [1.54, 1.807) is 54.6 Å². The molecule has 0 N–H and O–H groups in total. The molecule has 6 heteroatoms. The molecule has 2 aromatic heterocycles. The number of para-hydroxylation sites is 1. The maximum absolute atomic E-state index is 13.1. The van der Waals surface area contributed by atoms with Crippen molar-refractivity contribution in [3.63, 3.8) is 0 Å². The summed E-state index contributed by atoms with van der Waals surface area (Å²) in [5.74, 6) is 0.325. The van der Waals surface area contributed by atoms with Crippen molar-refractivity contribution in [2.24, 2.45) is 0 Å². The second kappa shape index (κ2) is 6.28. The highest BCUT2D eigenvalue weighted by Gasteiger charge is 2.19. The number of halogens is 1. The lowest BCUT2D eigenvalue weighted by molar-refractivity contribution is 0.636. The largest absolute Gasteiger partial charge is 0.437 e. The summed E-state index contributed by atoms with van der Waals surface area (Å²) in [7, 11) is 0. The summed E-state index contributed by atoms with van der Waals surface area (Å²) in [6.07, 6.45) is 1.57. The van der Waals surface area contributed by atoms with Crippen molar-refractivity contribution in [3.8, 4) is 11.4 Å². The van der Waals surface area contributed by atoms with Gasteiger partial charge in [-0.15, -0.1) is 6.58 Å². The van der Waals surface area contributed by atoms with E-state index in [2.05, 4.69) is 11.6 Å². The second-order valence-corrected chi connectivity index (χ2v) is 6.13. The molecule has 2 aromatic carbocycles. The molecular formula is C20H13ClN2O3. The third kappa shape index (κ3) is 2.45. The van der Waals surface area contributed by atoms with Crippen molar-refractivity contribution in [1.29, 1.82) is 0 Å². The zero-order valence-electron chi connectivity index (χ0n) is 13.6. The summed E-state index contributed by atoms with van der Waals surface area (Å²) < 4.78 is 7.13. The van der Waals surface area contributed by atoms with Crippen LogP contribution in [0.1, 0.15) is 0 Å². The Kier molecular flexibility index (Phi) is 3.93. The fourth-order valence-electron chi connectivity index (χ4n) is 2.93. The van der Waals surface area contributed by atoms with E-state index >= 15 is 0 Å². The molecule has 0 atom stereocenters. The molecule has 128 valence electrons. The van der Waals surface area contributed by atoms with Crippen LogP contribution in [0, 0.1) is 0 Å². The van der Waals surface area contributed by atoms with Crippen LogP contribution in [0.4, 0.5) is 0 Å². The first-order valence-electron chi connectivity index (χ1n) is 7.94. The van der Waals surface area contributed by atoms with Gasteiger partial charge in [-0.05, 0) is 24.3 Å². The average molecular weight is 365 g/mol. The van der Waals surface area contributed by atoms with Gasteiger partial charge in [0.2, 0.25) is 11.1 Å². The van der Waals surface area contributed by atoms with Gasteiger partial charge in [-0.25, -0.2) is 0 Å². The number of hydrogen-bond acceptors (Lipinski definition) is 4. The Morgan fingerprint density at radius 3 is 2.62 bits per heavy atom. The molecule has 0 spiro atoms. The van der Waals surface area contributed by atoms with Crippen LogP contribution in [0.2, 0.25) is 5.02 Å². The van der Waals surface area contributed by atoms with Gasteiger partial charge < -0.3 is 4.42 Å². The number of fused-ring (bicyclic) bond motifs is 2. The van der Waals surface area contributed by atoms with E-state index in [4.69, 9.17) is 16.0 Å². The Morgan fingerprint density at radius 2 is 1.85 bits per heavy atom. The highest BCUT2D eigenvalue weighted by atomic mass is 35.5. The molecule has 5 nitrogen and oxygen atoms in total. The Labute approximate surface area is 152 Å². The highest BCUT2D eigenvalue weighted by Crippen LogP contribution is 2.27. The SMILES string of the molecule is C=CCn1c(-c2ccccc2Cl)nc2oc3ccccc3c(=O)c2c1=O. The monoisotopic (exact) mass is 364 g/mol. The van der Waals surface area contributed by atoms with Crippen molar-refractivity contribution >= 4 is 33.7 Å². The van der Waals surface area contributed by atoms with Crippen LogP contribution < -0.4 is 11.0 Å². The van der Waals surface area contributed by atoms with Gasteiger partial charge in [0.05, 0.1) is 10.4 Å². The fourth-order valence-corrected chi connectivity index (χ4v) is 3.15. The van der Waals surface area contributed by atoms with Crippen LogP contribution in [0.5, 0.6) is 0 Å². The maximum Gasteiger partial charge on any atom is 0.269 e. The van der Waals surface area contributed by atoms with E-state index in [9.17, 15) is 9.59 Å². The smallest absolute Gasteiger partial charge is 0.269 e. The van der Waals surface area contributed by atoms with Crippen molar-refractivity contribution in [3.05, 3.63) is 86.8 Å². The lowest BCUT2D eigenvalue weighted by Gasteiger charge is -2.12. The van der Waals surface area contributed by atoms with Crippen LogP contribution in [-0.4, -0.2) is 9.55 Å². The summed E-state index contributed by atoms with van der Waals surface area (Å²) in [4.78, 5) is 30.3. The van der Waals surface area contributed by atoms with E-state index in [0.717, 1.165) is 0 Å². The average Bonchev–Trinajstić information content (AvgIpc) is 2.64. The summed E-state index contributed by atoms with van der Waals surface area (Å²) in [6, 6.07) is 13.8. The minimum Gasteiger partial charge on any atom is -0.437 e. The number of benzene rings is 2. The lowest BCUT2D eigenvalue weighted by Crippen LogP contribution is -2.27. The first-order valence-corrected chi connectivity index (χ1v) is 8.32. The normalized spacial score (nSPS) is 11.1. The van der Waals surface area contributed by atoms with Crippen LogP contribution in [-0.2, 0) is 6.54 Å². The molecule has 2 heterocycles. The third-order valence-electron chi connectivity index (χ3n) is 4.13. The van der Waals surface area contributed by atoms with Crippen molar-refractivity contribution < 1.29 is 4.42 Å². The van der Waals surface area contributed by atoms with Crippen LogP contribution >= 0.6 is 11.6 Å². The second-order valence-electron chi connectivity index (χ2n) is 5.73. The van der Waals surface area contributed by atoms with Gasteiger partial charge in [0.25, 0.3) is 5.56 Å². The molecule has 4 rings (SSSR count). The molecule has 0 amide bonds. The maximum atomic E-state index is 13.1. The molecule has 26 heavy (non-hydrogen) atoms. The summed E-state index contributed by atoms with van der Waals surface area (Å²) in [5, 5.41) is 0.704. The molecule has 0 unspecified atom stereocenters. The first kappa shape index (κ1) is 16.3. The van der Waals surface area contributed by atoms with Gasteiger partial charge in [-0.3, -0.25) is 14.2 Å². The minimum absolute atomic E-state index is 0.00562. The molecule has 0 saturated carbocycles. The number of aromatic nitrogens is 2. The Balaban J connectivity index is 2.20. The van der Waals surface area contributed by atoms with Crippen LogP contribution in [0.25, 0.3) is 33.5 Å². The van der Waals surface area contributed by atoms with Crippen LogP contribution in [0.3, 0.4) is 0 Å². The van der Waals surface area contributed by atoms with Gasteiger partial charge in [0.1, 0.15) is 11.4 Å². The Hall–Kier alpha value is -3.18. The van der Waals surface area contributed by atoms with Crippen molar-refractivity contribution in [1.82, 2.24) is 9.55 Å². The van der Waals surface area contributed by atoms with Gasteiger partial charge in [-0.1, -0.05) is 41.9 Å². The van der Waals surface area contributed by atoms with Gasteiger partial charge in [0, 0.05) is 12.1 Å². The van der Waals surface area contributed by atoms with E-state index in [-0.39, 0.29) is 17.6 Å². The summed E-state index contributed by atoms with van der Waals surface area (Å²) in [6.45, 7) is 3.87. The zero-order valence-corrected chi connectivity index (χ0v) is 14.4. The quantitative estimate of drug-likeness (QED) is 0.407. The summed E-state index contributed by atoms with van der Waals surface area (Å²) >= 11 is 6.29. The predicted octanol–water partition coefficient (Wildman–Crippen LogP) is 4.01.